The van der Waals surface area contributed by atoms with Crippen LogP contribution in [0.3, 0.4) is 0 Å². The predicted molar refractivity (Wildman–Crippen MR) is 52.8 cm³/mol. The van der Waals surface area contributed by atoms with E-state index in [0.717, 1.165) is 0 Å². The molecule has 76 valence electrons. The minimum atomic E-state index is -0.383. The molecular formula is C10H8FN3O. The zero-order chi connectivity index (χ0) is 10.8. The molecule has 0 aliphatic heterocycles. The number of nitrogens with one attached hydrogen (secondary N) is 1. The zero-order valence-corrected chi connectivity index (χ0v) is 7.70. The maximum Gasteiger partial charge on any atom is 0.198 e. The summed E-state index contributed by atoms with van der Waals surface area (Å²) in [5, 5.41) is 6.13. The summed E-state index contributed by atoms with van der Waals surface area (Å²) in [4.78, 5) is 11.8. The maximum absolute atomic E-state index is 12.6. The third-order valence-corrected chi connectivity index (χ3v) is 2.02. The van der Waals surface area contributed by atoms with Gasteiger partial charge in [-0.2, -0.15) is 5.10 Å². The van der Waals surface area contributed by atoms with Crippen LogP contribution in [-0.4, -0.2) is 16.0 Å². The molecule has 1 aromatic carbocycles. The lowest BCUT2D eigenvalue weighted by Gasteiger charge is -1.98. The van der Waals surface area contributed by atoms with Gasteiger partial charge in [0, 0.05) is 11.8 Å². The molecule has 0 saturated carbocycles. The highest BCUT2D eigenvalue weighted by molar-refractivity contribution is 6.11. The van der Waals surface area contributed by atoms with Crippen LogP contribution in [0.5, 0.6) is 0 Å². The highest BCUT2D eigenvalue weighted by Gasteiger charge is 2.13. The Balaban J connectivity index is 2.37. The van der Waals surface area contributed by atoms with Crippen molar-refractivity contribution in [3.8, 4) is 0 Å². The van der Waals surface area contributed by atoms with Gasteiger partial charge in [-0.05, 0) is 24.3 Å². The van der Waals surface area contributed by atoms with E-state index in [1.54, 1.807) is 0 Å². The number of rotatable bonds is 2. The summed E-state index contributed by atoms with van der Waals surface area (Å²) in [6.07, 6.45) is 1.42. The normalized spacial score (nSPS) is 10.2. The molecule has 1 heterocycles. The van der Waals surface area contributed by atoms with Gasteiger partial charge in [-0.3, -0.25) is 9.89 Å². The van der Waals surface area contributed by atoms with Crippen molar-refractivity contribution in [2.24, 2.45) is 0 Å². The Morgan fingerprint density at radius 1 is 1.33 bits per heavy atom. The van der Waals surface area contributed by atoms with Gasteiger partial charge in [0.15, 0.2) is 11.6 Å². The van der Waals surface area contributed by atoms with Crippen molar-refractivity contribution < 1.29 is 9.18 Å². The van der Waals surface area contributed by atoms with E-state index in [0.29, 0.717) is 11.1 Å². The van der Waals surface area contributed by atoms with E-state index in [-0.39, 0.29) is 17.4 Å². The predicted octanol–water partition coefficient (Wildman–Crippen LogP) is 1.36. The molecule has 0 fully saturated rings. The summed E-state index contributed by atoms with van der Waals surface area (Å²) in [6, 6.07) is 5.27. The van der Waals surface area contributed by atoms with Crippen LogP contribution in [0, 0.1) is 5.82 Å². The van der Waals surface area contributed by atoms with E-state index >= 15 is 0 Å². The first-order valence-electron chi connectivity index (χ1n) is 4.28. The quantitative estimate of drug-likeness (QED) is 0.727. The number of aromatic amines is 1. The molecule has 0 unspecified atom stereocenters. The van der Waals surface area contributed by atoms with Crippen LogP contribution in [-0.2, 0) is 0 Å². The Bertz CT molecular complexity index is 490. The van der Waals surface area contributed by atoms with Crippen LogP contribution in [0.25, 0.3) is 0 Å². The second kappa shape index (κ2) is 3.53. The number of nitrogen functional groups attached to an aromatic ring is 1. The van der Waals surface area contributed by atoms with Crippen LogP contribution >= 0.6 is 0 Å². The molecule has 2 rings (SSSR count). The number of nitrogens with zero attached hydrogens (tertiary/aromatic N) is 1. The second-order valence-electron chi connectivity index (χ2n) is 3.02. The summed E-state index contributed by atoms with van der Waals surface area (Å²) in [5.41, 5.74) is 6.14. The number of anilines is 1. The number of carbonyl (C=O) groups is 1. The molecule has 0 radical (unpaired) electrons. The third-order valence-electron chi connectivity index (χ3n) is 2.02. The number of carbonyl (C=O) groups excluding carboxylic acids is 1. The summed E-state index contributed by atoms with van der Waals surface area (Å²) < 4.78 is 12.6. The highest BCUT2D eigenvalue weighted by Crippen LogP contribution is 2.13. The molecule has 15 heavy (non-hydrogen) atoms. The molecule has 5 heteroatoms. The van der Waals surface area contributed by atoms with Crippen LogP contribution in [0.4, 0.5) is 10.2 Å². The molecule has 0 bridgehead atoms. The third kappa shape index (κ3) is 1.71. The second-order valence-corrected chi connectivity index (χ2v) is 3.02. The molecule has 0 spiro atoms. The number of hydrogen-bond donors (Lipinski definition) is 2. The number of nitrogens with two attached hydrogens (primary N) is 1. The van der Waals surface area contributed by atoms with Gasteiger partial charge in [0.05, 0.1) is 5.56 Å². The van der Waals surface area contributed by atoms with E-state index in [1.165, 1.54) is 30.5 Å². The van der Waals surface area contributed by atoms with E-state index in [9.17, 15) is 9.18 Å². The first kappa shape index (κ1) is 9.39. The number of ketones is 1. The van der Waals surface area contributed by atoms with E-state index in [2.05, 4.69) is 10.2 Å². The van der Waals surface area contributed by atoms with Crippen molar-refractivity contribution in [3.63, 3.8) is 0 Å². The molecule has 4 nitrogen and oxygen atoms in total. The zero-order valence-electron chi connectivity index (χ0n) is 7.70. The van der Waals surface area contributed by atoms with Crippen molar-refractivity contribution in [1.82, 2.24) is 10.2 Å². The minimum absolute atomic E-state index is 0.143. The van der Waals surface area contributed by atoms with Gasteiger partial charge in [-0.1, -0.05) is 0 Å². The van der Waals surface area contributed by atoms with E-state index < -0.39 is 0 Å². The monoisotopic (exact) mass is 205 g/mol. The van der Waals surface area contributed by atoms with E-state index in [4.69, 9.17) is 5.73 Å². The van der Waals surface area contributed by atoms with E-state index in [1.807, 2.05) is 0 Å². The van der Waals surface area contributed by atoms with Gasteiger partial charge in [-0.25, -0.2) is 4.39 Å². The molecule has 1 aromatic heterocycles. The van der Waals surface area contributed by atoms with Gasteiger partial charge in [-0.15, -0.1) is 0 Å². The van der Waals surface area contributed by atoms with Crippen molar-refractivity contribution in [3.05, 3.63) is 47.4 Å². The van der Waals surface area contributed by atoms with Gasteiger partial charge in [0.1, 0.15) is 5.82 Å². The minimum Gasteiger partial charge on any atom is -0.382 e. The van der Waals surface area contributed by atoms with Crippen molar-refractivity contribution in [1.29, 1.82) is 0 Å². The van der Waals surface area contributed by atoms with Crippen molar-refractivity contribution in [2.45, 2.75) is 0 Å². The largest absolute Gasteiger partial charge is 0.382 e. The van der Waals surface area contributed by atoms with Gasteiger partial charge < -0.3 is 5.73 Å². The summed E-state index contributed by atoms with van der Waals surface area (Å²) in [7, 11) is 0. The Labute approximate surface area is 84.9 Å². The number of hydrogen-bond acceptors (Lipinski definition) is 3. The number of halogens is 1. The Morgan fingerprint density at radius 3 is 2.53 bits per heavy atom. The van der Waals surface area contributed by atoms with Crippen molar-refractivity contribution in [2.75, 3.05) is 5.73 Å². The van der Waals surface area contributed by atoms with Crippen LogP contribution in [0.1, 0.15) is 15.9 Å². The fourth-order valence-electron chi connectivity index (χ4n) is 1.24. The van der Waals surface area contributed by atoms with Crippen molar-refractivity contribution >= 4 is 11.6 Å². The Kier molecular flexibility index (Phi) is 2.21. The maximum atomic E-state index is 12.6. The summed E-state index contributed by atoms with van der Waals surface area (Å²) in [6.45, 7) is 0. The molecule has 2 aromatic rings. The first-order valence-corrected chi connectivity index (χ1v) is 4.28. The van der Waals surface area contributed by atoms with Crippen LogP contribution in [0.15, 0.2) is 30.5 Å². The average Bonchev–Trinajstić information content (AvgIpc) is 2.65. The molecule has 0 atom stereocenters. The Morgan fingerprint density at radius 2 is 2.00 bits per heavy atom. The average molecular weight is 205 g/mol. The fourth-order valence-corrected chi connectivity index (χ4v) is 1.24. The lowest BCUT2D eigenvalue weighted by atomic mass is 10.1. The number of aromatic nitrogens is 2. The molecular weight excluding hydrogens is 197 g/mol. The highest BCUT2D eigenvalue weighted by atomic mass is 19.1. The summed E-state index contributed by atoms with van der Waals surface area (Å²) in [5.74, 6) is -0.516. The van der Waals surface area contributed by atoms with Gasteiger partial charge >= 0.3 is 0 Å². The lowest BCUT2D eigenvalue weighted by molar-refractivity contribution is 0.103. The first-order chi connectivity index (χ1) is 7.18. The SMILES string of the molecule is Nc1n[nH]cc1C(=O)c1ccc(F)cc1. The lowest BCUT2D eigenvalue weighted by Crippen LogP contribution is -2.03. The number of benzene rings is 1. The molecule has 0 amide bonds. The standard InChI is InChI=1S/C10H8FN3O/c11-7-3-1-6(2-4-7)9(15)8-5-13-14-10(8)12/h1-5H,(H3,12,13,14). The van der Waals surface area contributed by atoms with Crippen LogP contribution < -0.4 is 5.73 Å². The fraction of sp³-hybridized carbons (Fsp3) is 0. The molecule has 0 aliphatic carbocycles. The van der Waals surface area contributed by atoms with Gasteiger partial charge in [0.2, 0.25) is 0 Å². The summed E-state index contributed by atoms with van der Waals surface area (Å²) >= 11 is 0. The Hall–Kier alpha value is -2.17. The van der Waals surface area contributed by atoms with Crippen LogP contribution in [0.2, 0.25) is 0 Å². The topological polar surface area (TPSA) is 71.8 Å². The molecule has 0 saturated heterocycles. The van der Waals surface area contributed by atoms with Gasteiger partial charge in [0.25, 0.3) is 0 Å². The molecule has 0 aliphatic rings. The smallest absolute Gasteiger partial charge is 0.198 e. The number of H-pyrrole nitrogens is 1. The molecule has 3 N–H and O–H groups in total.